The molecule has 2 heteroatoms. The van der Waals surface area contributed by atoms with Crippen molar-refractivity contribution >= 4 is 5.78 Å². The molecule has 0 N–H and O–H groups in total. The zero-order chi connectivity index (χ0) is 11.4. The van der Waals surface area contributed by atoms with E-state index in [-0.39, 0.29) is 6.04 Å². The molecule has 0 bridgehead atoms. The molecule has 2 aliphatic carbocycles. The van der Waals surface area contributed by atoms with Crippen LogP contribution in [0.3, 0.4) is 0 Å². The summed E-state index contributed by atoms with van der Waals surface area (Å²) in [4.78, 5) is 13.9. The van der Waals surface area contributed by atoms with Crippen molar-refractivity contribution in [2.24, 2.45) is 10.8 Å². The van der Waals surface area contributed by atoms with Crippen LogP contribution in [0.1, 0.15) is 51.9 Å². The standard InChI is InChI=1S/C14H23NO/c1-11(16)12-8-14(10-15(12)2)9-13(14)6-4-3-5-7-13/h12H,3-10H2,1-2H3/t12-,14-/m0/s1. The zero-order valence-corrected chi connectivity index (χ0v) is 10.6. The monoisotopic (exact) mass is 221 g/mol. The number of carbonyl (C=O) groups is 1. The first-order valence-electron chi connectivity index (χ1n) is 6.79. The van der Waals surface area contributed by atoms with Crippen molar-refractivity contribution < 1.29 is 4.79 Å². The number of Topliss-reactive ketones (excluding diaryl/α,β-unsaturated/α-hetero) is 1. The number of likely N-dealkylation sites (N-methyl/N-ethyl adjacent to an activating group) is 1. The van der Waals surface area contributed by atoms with Gasteiger partial charge in [0.1, 0.15) is 5.78 Å². The molecule has 2 saturated carbocycles. The van der Waals surface area contributed by atoms with Crippen LogP contribution < -0.4 is 0 Å². The molecule has 0 aromatic rings. The summed E-state index contributed by atoms with van der Waals surface area (Å²) in [7, 11) is 2.13. The minimum absolute atomic E-state index is 0.223. The molecule has 0 aromatic carbocycles. The average molecular weight is 221 g/mol. The molecule has 2 nitrogen and oxygen atoms in total. The largest absolute Gasteiger partial charge is 0.298 e. The van der Waals surface area contributed by atoms with Gasteiger partial charge in [-0.3, -0.25) is 9.69 Å². The first-order chi connectivity index (χ1) is 7.59. The summed E-state index contributed by atoms with van der Waals surface area (Å²) in [6.45, 7) is 2.94. The number of ketones is 1. The molecule has 0 aromatic heterocycles. The van der Waals surface area contributed by atoms with Gasteiger partial charge in [-0.25, -0.2) is 0 Å². The van der Waals surface area contributed by atoms with Crippen molar-refractivity contribution in [1.29, 1.82) is 0 Å². The van der Waals surface area contributed by atoms with Crippen LogP contribution in [-0.2, 0) is 4.79 Å². The van der Waals surface area contributed by atoms with Crippen molar-refractivity contribution in [3.05, 3.63) is 0 Å². The first-order valence-corrected chi connectivity index (χ1v) is 6.79. The van der Waals surface area contributed by atoms with Crippen LogP contribution >= 0.6 is 0 Å². The lowest BCUT2D eigenvalue weighted by molar-refractivity contribution is -0.120. The van der Waals surface area contributed by atoms with E-state index in [9.17, 15) is 4.79 Å². The van der Waals surface area contributed by atoms with Crippen molar-refractivity contribution in [3.8, 4) is 0 Å². The minimum Gasteiger partial charge on any atom is -0.298 e. The van der Waals surface area contributed by atoms with Crippen molar-refractivity contribution in [2.75, 3.05) is 13.6 Å². The topological polar surface area (TPSA) is 20.3 Å². The van der Waals surface area contributed by atoms with E-state index < -0.39 is 0 Å². The van der Waals surface area contributed by atoms with Gasteiger partial charge in [0.15, 0.2) is 0 Å². The van der Waals surface area contributed by atoms with Gasteiger partial charge in [-0.1, -0.05) is 19.3 Å². The maximum atomic E-state index is 11.6. The van der Waals surface area contributed by atoms with Crippen molar-refractivity contribution in [2.45, 2.75) is 57.9 Å². The molecule has 2 atom stereocenters. The molecule has 0 amide bonds. The summed E-state index contributed by atoms with van der Waals surface area (Å²) in [6.07, 6.45) is 9.72. The molecule has 3 fully saturated rings. The molecular formula is C14H23NO. The van der Waals surface area contributed by atoms with Crippen LogP contribution in [0.25, 0.3) is 0 Å². The van der Waals surface area contributed by atoms with Crippen molar-refractivity contribution in [1.82, 2.24) is 4.90 Å². The van der Waals surface area contributed by atoms with Gasteiger partial charge in [0.25, 0.3) is 0 Å². The molecule has 90 valence electrons. The first kappa shape index (κ1) is 10.8. The molecule has 1 saturated heterocycles. The smallest absolute Gasteiger partial charge is 0.146 e. The summed E-state index contributed by atoms with van der Waals surface area (Å²) in [5, 5.41) is 0. The third-order valence-electron chi connectivity index (χ3n) is 5.62. The van der Waals surface area contributed by atoms with Gasteiger partial charge in [-0.05, 0) is 50.5 Å². The summed E-state index contributed by atoms with van der Waals surface area (Å²) in [6, 6.07) is 0.223. The number of hydrogen-bond acceptors (Lipinski definition) is 2. The maximum absolute atomic E-state index is 11.6. The lowest BCUT2D eigenvalue weighted by atomic mass is 9.78. The van der Waals surface area contributed by atoms with Gasteiger partial charge in [0, 0.05) is 6.54 Å². The summed E-state index contributed by atoms with van der Waals surface area (Å²) in [5.41, 5.74) is 1.20. The molecule has 0 unspecified atom stereocenters. The SMILES string of the molecule is CC(=O)[C@@H]1C[C@@]2(CN1C)CC21CCCCC1. The average Bonchev–Trinajstić information content (AvgIpc) is 2.65. The number of carbonyl (C=O) groups excluding carboxylic acids is 1. The summed E-state index contributed by atoms with van der Waals surface area (Å²) >= 11 is 0. The van der Waals surface area contributed by atoms with Crippen molar-refractivity contribution in [3.63, 3.8) is 0 Å². The van der Waals surface area contributed by atoms with Crippen LogP contribution in [0.2, 0.25) is 0 Å². The van der Waals surface area contributed by atoms with Crippen LogP contribution in [-0.4, -0.2) is 30.3 Å². The Hall–Kier alpha value is -0.370. The Labute approximate surface area is 98.4 Å². The van der Waals surface area contributed by atoms with Gasteiger partial charge in [0.2, 0.25) is 0 Å². The highest BCUT2D eigenvalue weighted by molar-refractivity contribution is 5.82. The van der Waals surface area contributed by atoms with E-state index in [1.807, 2.05) is 0 Å². The fraction of sp³-hybridized carbons (Fsp3) is 0.929. The highest BCUT2D eigenvalue weighted by Gasteiger charge is 2.69. The maximum Gasteiger partial charge on any atom is 0.146 e. The highest BCUT2D eigenvalue weighted by Crippen LogP contribution is 2.74. The Bertz CT molecular complexity index is 319. The molecule has 1 aliphatic heterocycles. The van der Waals surface area contributed by atoms with Gasteiger partial charge in [-0.15, -0.1) is 0 Å². The molecule has 3 rings (SSSR count). The highest BCUT2D eigenvalue weighted by atomic mass is 16.1. The number of likely N-dealkylation sites (tertiary alicyclic amines) is 1. The predicted molar refractivity (Wildman–Crippen MR) is 64.3 cm³/mol. The summed E-state index contributed by atoms with van der Waals surface area (Å²) < 4.78 is 0. The van der Waals surface area contributed by atoms with Crippen LogP contribution in [0.4, 0.5) is 0 Å². The van der Waals surface area contributed by atoms with E-state index in [1.54, 1.807) is 6.92 Å². The van der Waals surface area contributed by atoms with Crippen LogP contribution in [0.5, 0.6) is 0 Å². The molecule has 0 radical (unpaired) electrons. The fourth-order valence-corrected chi connectivity index (χ4v) is 4.68. The second-order valence-corrected chi connectivity index (χ2v) is 6.54. The molecular weight excluding hydrogens is 198 g/mol. The second-order valence-electron chi connectivity index (χ2n) is 6.54. The van der Waals surface area contributed by atoms with E-state index in [0.717, 1.165) is 6.42 Å². The lowest BCUT2D eigenvalue weighted by Gasteiger charge is -2.26. The Balaban J connectivity index is 1.76. The van der Waals surface area contributed by atoms with Gasteiger partial charge in [0.05, 0.1) is 6.04 Å². The Morgan fingerprint density at radius 3 is 2.44 bits per heavy atom. The molecule has 1 heterocycles. The predicted octanol–water partition coefficient (Wildman–Crippen LogP) is 2.62. The molecule has 2 spiro atoms. The second kappa shape index (κ2) is 3.32. The molecule has 16 heavy (non-hydrogen) atoms. The van der Waals surface area contributed by atoms with E-state index in [0.29, 0.717) is 16.6 Å². The zero-order valence-electron chi connectivity index (χ0n) is 10.6. The third-order valence-corrected chi connectivity index (χ3v) is 5.62. The van der Waals surface area contributed by atoms with E-state index in [4.69, 9.17) is 0 Å². The number of hydrogen-bond donors (Lipinski definition) is 0. The quantitative estimate of drug-likeness (QED) is 0.678. The number of nitrogens with zero attached hydrogens (tertiary/aromatic N) is 1. The molecule has 3 aliphatic rings. The lowest BCUT2D eigenvalue weighted by Crippen LogP contribution is -2.30. The van der Waals surface area contributed by atoms with E-state index in [2.05, 4.69) is 11.9 Å². The van der Waals surface area contributed by atoms with Crippen LogP contribution in [0, 0.1) is 10.8 Å². The Morgan fingerprint density at radius 2 is 1.88 bits per heavy atom. The van der Waals surface area contributed by atoms with Gasteiger partial charge < -0.3 is 0 Å². The summed E-state index contributed by atoms with van der Waals surface area (Å²) in [5.74, 6) is 0.372. The normalized spacial score (nSPS) is 41.8. The minimum atomic E-state index is 0.223. The third kappa shape index (κ3) is 1.32. The Morgan fingerprint density at radius 1 is 1.19 bits per heavy atom. The number of fused-ring (bicyclic) bond motifs is 1. The number of rotatable bonds is 1. The fourth-order valence-electron chi connectivity index (χ4n) is 4.68. The van der Waals surface area contributed by atoms with Crippen LogP contribution in [0.15, 0.2) is 0 Å². The van der Waals surface area contributed by atoms with E-state index in [1.165, 1.54) is 45.1 Å². The van der Waals surface area contributed by atoms with Gasteiger partial charge in [-0.2, -0.15) is 0 Å². The van der Waals surface area contributed by atoms with E-state index >= 15 is 0 Å². The Kier molecular flexibility index (Phi) is 2.23. The van der Waals surface area contributed by atoms with Gasteiger partial charge >= 0.3 is 0 Å².